The first-order valence-corrected chi connectivity index (χ1v) is 8.65. The summed E-state index contributed by atoms with van der Waals surface area (Å²) in [6.07, 6.45) is 0. The molecule has 0 bridgehead atoms. The summed E-state index contributed by atoms with van der Waals surface area (Å²) in [7, 11) is 0. The van der Waals surface area contributed by atoms with E-state index in [2.05, 4.69) is 0 Å². The molecule has 0 unspecified atom stereocenters. The number of hydrogen-bond acceptors (Lipinski definition) is 3. The number of carbonyl (C=O) groups excluding carboxylic acids is 3. The molecule has 2 aromatic rings. The average molecular weight is 349 g/mol. The predicted octanol–water partition coefficient (Wildman–Crippen LogP) is 1.98. The lowest BCUT2D eigenvalue weighted by Gasteiger charge is -2.35. The maximum atomic E-state index is 12.8. The first-order valence-electron chi connectivity index (χ1n) is 8.65. The summed E-state index contributed by atoms with van der Waals surface area (Å²) in [6.45, 7) is 1.31. The van der Waals surface area contributed by atoms with Crippen molar-refractivity contribution in [1.29, 1.82) is 0 Å². The molecular formula is C20H19N3O3. The van der Waals surface area contributed by atoms with E-state index in [0.29, 0.717) is 18.7 Å². The first-order chi connectivity index (χ1) is 12.6. The van der Waals surface area contributed by atoms with Gasteiger partial charge in [-0.05, 0) is 17.7 Å². The van der Waals surface area contributed by atoms with Crippen molar-refractivity contribution in [3.63, 3.8) is 0 Å². The highest BCUT2D eigenvalue weighted by Gasteiger charge is 2.48. The molecule has 2 aliphatic rings. The van der Waals surface area contributed by atoms with Gasteiger partial charge in [0.15, 0.2) is 0 Å². The molecule has 4 rings (SSSR count). The normalized spacial score (nSPS) is 19.7. The Morgan fingerprint density at radius 2 is 1.58 bits per heavy atom. The number of amides is 4. The lowest BCUT2D eigenvalue weighted by molar-refractivity contribution is -0.129. The molecule has 0 N–H and O–H groups in total. The van der Waals surface area contributed by atoms with Gasteiger partial charge in [0.25, 0.3) is 11.8 Å². The van der Waals surface area contributed by atoms with Gasteiger partial charge in [-0.15, -0.1) is 0 Å². The maximum Gasteiger partial charge on any atom is 0.327 e. The summed E-state index contributed by atoms with van der Waals surface area (Å²) in [5.74, 6) is -0.337. The Balaban J connectivity index is 1.50. The smallest absolute Gasteiger partial charge is 0.327 e. The van der Waals surface area contributed by atoms with Crippen LogP contribution >= 0.6 is 0 Å². The van der Waals surface area contributed by atoms with Crippen LogP contribution in [-0.4, -0.2) is 58.2 Å². The van der Waals surface area contributed by atoms with E-state index >= 15 is 0 Å². The van der Waals surface area contributed by atoms with Gasteiger partial charge in [-0.3, -0.25) is 14.5 Å². The summed E-state index contributed by atoms with van der Waals surface area (Å²) in [5, 5.41) is 0. The van der Waals surface area contributed by atoms with Gasteiger partial charge in [-0.2, -0.15) is 0 Å². The van der Waals surface area contributed by atoms with E-state index < -0.39 is 6.04 Å². The molecule has 2 aromatic carbocycles. The molecule has 0 saturated carbocycles. The summed E-state index contributed by atoms with van der Waals surface area (Å²) in [5.41, 5.74) is 1.50. The van der Waals surface area contributed by atoms with Crippen molar-refractivity contribution in [1.82, 2.24) is 14.7 Å². The van der Waals surface area contributed by atoms with E-state index in [1.807, 2.05) is 48.5 Å². The molecule has 1 atom stereocenters. The third-order valence-electron chi connectivity index (χ3n) is 4.90. The van der Waals surface area contributed by atoms with Crippen molar-refractivity contribution >= 4 is 17.8 Å². The number of fused-ring (bicyclic) bond motifs is 1. The molecule has 132 valence electrons. The van der Waals surface area contributed by atoms with Crippen LogP contribution in [0.15, 0.2) is 60.7 Å². The van der Waals surface area contributed by atoms with Crippen LogP contribution in [0.25, 0.3) is 0 Å². The molecule has 0 aromatic heterocycles. The van der Waals surface area contributed by atoms with Crippen LogP contribution in [-0.2, 0) is 11.3 Å². The van der Waals surface area contributed by atoms with Crippen molar-refractivity contribution in [2.45, 2.75) is 12.6 Å². The Morgan fingerprint density at radius 3 is 2.27 bits per heavy atom. The standard InChI is InChI=1S/C20H19N3O3/c24-18(16-9-5-2-6-10-16)21-11-12-22-17(14-21)19(25)23(20(22)26)13-15-7-3-1-4-8-15/h1-10,17H,11-14H2/t17-/m1/s1. The van der Waals surface area contributed by atoms with E-state index in [1.165, 1.54) is 4.90 Å². The molecule has 6 heteroatoms. The number of hydrogen-bond donors (Lipinski definition) is 0. The van der Waals surface area contributed by atoms with Gasteiger partial charge >= 0.3 is 6.03 Å². The van der Waals surface area contributed by atoms with Crippen molar-refractivity contribution in [2.24, 2.45) is 0 Å². The summed E-state index contributed by atoms with van der Waals surface area (Å²) in [4.78, 5) is 42.6. The molecule has 2 fully saturated rings. The Kier molecular flexibility index (Phi) is 4.16. The summed E-state index contributed by atoms with van der Waals surface area (Å²) in [6, 6.07) is 17.6. The fourth-order valence-electron chi connectivity index (χ4n) is 3.51. The van der Waals surface area contributed by atoms with Crippen molar-refractivity contribution in [3.8, 4) is 0 Å². The van der Waals surface area contributed by atoms with E-state index in [4.69, 9.17) is 0 Å². The number of piperazine rings is 1. The minimum atomic E-state index is -0.590. The second kappa shape index (κ2) is 6.63. The van der Waals surface area contributed by atoms with Crippen LogP contribution in [0.5, 0.6) is 0 Å². The maximum absolute atomic E-state index is 12.8. The zero-order chi connectivity index (χ0) is 18.1. The molecule has 2 heterocycles. The minimum absolute atomic E-state index is 0.105. The molecular weight excluding hydrogens is 330 g/mol. The molecule has 4 amide bonds. The number of rotatable bonds is 3. The van der Waals surface area contributed by atoms with E-state index in [9.17, 15) is 14.4 Å². The molecule has 26 heavy (non-hydrogen) atoms. The zero-order valence-corrected chi connectivity index (χ0v) is 14.2. The van der Waals surface area contributed by atoms with E-state index in [-0.39, 0.29) is 30.9 Å². The van der Waals surface area contributed by atoms with Gasteiger partial charge in [0.2, 0.25) is 0 Å². The third kappa shape index (κ3) is 2.83. The van der Waals surface area contributed by atoms with Crippen LogP contribution in [0.3, 0.4) is 0 Å². The quantitative estimate of drug-likeness (QED) is 0.796. The molecule has 0 aliphatic carbocycles. The fourth-order valence-corrected chi connectivity index (χ4v) is 3.51. The Bertz CT molecular complexity index is 838. The first kappa shape index (κ1) is 16.3. The van der Waals surface area contributed by atoms with Crippen LogP contribution in [0.1, 0.15) is 15.9 Å². The highest BCUT2D eigenvalue weighted by atomic mass is 16.2. The van der Waals surface area contributed by atoms with Gasteiger partial charge in [-0.25, -0.2) is 4.79 Å². The predicted molar refractivity (Wildman–Crippen MR) is 95.2 cm³/mol. The lowest BCUT2D eigenvalue weighted by Crippen LogP contribution is -2.54. The second-order valence-corrected chi connectivity index (χ2v) is 6.52. The van der Waals surface area contributed by atoms with Crippen molar-refractivity contribution in [3.05, 3.63) is 71.8 Å². The van der Waals surface area contributed by atoms with Gasteiger partial charge in [0.1, 0.15) is 6.04 Å². The van der Waals surface area contributed by atoms with Gasteiger partial charge in [0, 0.05) is 18.7 Å². The Labute approximate surface area is 151 Å². The van der Waals surface area contributed by atoms with Crippen molar-refractivity contribution < 1.29 is 14.4 Å². The van der Waals surface area contributed by atoms with E-state index in [0.717, 1.165) is 5.56 Å². The summed E-state index contributed by atoms with van der Waals surface area (Å²) >= 11 is 0. The zero-order valence-electron chi connectivity index (χ0n) is 14.2. The highest BCUT2D eigenvalue weighted by Crippen LogP contribution is 2.24. The van der Waals surface area contributed by atoms with Gasteiger partial charge in [-0.1, -0.05) is 48.5 Å². The van der Waals surface area contributed by atoms with Gasteiger partial charge in [0.05, 0.1) is 13.1 Å². The number of imide groups is 1. The lowest BCUT2D eigenvalue weighted by atomic mass is 10.1. The average Bonchev–Trinajstić information content (AvgIpc) is 2.93. The van der Waals surface area contributed by atoms with Crippen LogP contribution in [0.4, 0.5) is 4.79 Å². The summed E-state index contributed by atoms with van der Waals surface area (Å²) < 4.78 is 0. The highest BCUT2D eigenvalue weighted by molar-refractivity contribution is 6.05. The monoisotopic (exact) mass is 349 g/mol. The van der Waals surface area contributed by atoms with E-state index in [1.54, 1.807) is 21.9 Å². The molecule has 0 spiro atoms. The number of urea groups is 1. The van der Waals surface area contributed by atoms with Crippen molar-refractivity contribution in [2.75, 3.05) is 19.6 Å². The minimum Gasteiger partial charge on any atom is -0.334 e. The Morgan fingerprint density at radius 1 is 0.923 bits per heavy atom. The number of carbonyl (C=O) groups is 3. The molecule has 2 aliphatic heterocycles. The number of benzene rings is 2. The molecule has 6 nitrogen and oxygen atoms in total. The van der Waals surface area contributed by atoms with Gasteiger partial charge < -0.3 is 9.80 Å². The second-order valence-electron chi connectivity index (χ2n) is 6.52. The topological polar surface area (TPSA) is 60.9 Å². The molecule has 2 saturated heterocycles. The number of nitrogens with zero attached hydrogens (tertiary/aromatic N) is 3. The Hall–Kier alpha value is -3.15. The molecule has 0 radical (unpaired) electrons. The van der Waals surface area contributed by atoms with Crippen LogP contribution in [0, 0.1) is 0 Å². The SMILES string of the molecule is O=C(c1ccccc1)N1CCN2C(=O)N(Cc3ccccc3)C(=O)[C@H]2C1. The van der Waals surface area contributed by atoms with Crippen LogP contribution in [0.2, 0.25) is 0 Å². The fraction of sp³-hybridized carbons (Fsp3) is 0.250. The largest absolute Gasteiger partial charge is 0.334 e. The van der Waals surface area contributed by atoms with Crippen LogP contribution < -0.4 is 0 Å². The third-order valence-corrected chi connectivity index (χ3v) is 4.90.